The molecule has 3 rings (SSSR count). The Kier molecular flexibility index (Phi) is 2.83. The van der Waals surface area contributed by atoms with Gasteiger partial charge in [-0.2, -0.15) is 5.10 Å². The number of fused-ring (bicyclic) bond motifs is 1. The number of hydrogen-bond acceptors (Lipinski definition) is 3. The van der Waals surface area contributed by atoms with E-state index in [0.717, 1.165) is 29.0 Å². The van der Waals surface area contributed by atoms with Crippen molar-refractivity contribution in [2.45, 2.75) is 20.0 Å². The SMILES string of the molecule is CCn1nccc1CNc1ccc2[nH]c(=O)[nH]c2c1. The maximum absolute atomic E-state index is 11.2. The smallest absolute Gasteiger partial charge is 0.323 e. The van der Waals surface area contributed by atoms with Crippen LogP contribution < -0.4 is 11.0 Å². The first kappa shape index (κ1) is 11.6. The van der Waals surface area contributed by atoms with Gasteiger partial charge >= 0.3 is 5.69 Å². The molecule has 0 amide bonds. The van der Waals surface area contributed by atoms with Crippen LogP contribution in [0, 0.1) is 0 Å². The fourth-order valence-corrected chi connectivity index (χ4v) is 2.13. The topological polar surface area (TPSA) is 78.5 Å². The highest BCUT2D eigenvalue weighted by molar-refractivity contribution is 5.78. The number of hydrogen-bond donors (Lipinski definition) is 3. The first-order valence-corrected chi connectivity index (χ1v) is 6.23. The molecule has 0 fully saturated rings. The molecule has 0 saturated carbocycles. The molecular weight excluding hydrogens is 242 g/mol. The summed E-state index contributed by atoms with van der Waals surface area (Å²) < 4.78 is 1.95. The highest BCUT2D eigenvalue weighted by Crippen LogP contribution is 2.15. The van der Waals surface area contributed by atoms with Crippen LogP contribution in [-0.4, -0.2) is 19.7 Å². The molecule has 19 heavy (non-hydrogen) atoms. The van der Waals surface area contributed by atoms with E-state index in [2.05, 4.69) is 27.3 Å². The van der Waals surface area contributed by atoms with Gasteiger partial charge in [0.05, 0.1) is 23.3 Å². The van der Waals surface area contributed by atoms with Crippen molar-refractivity contribution in [3.05, 3.63) is 46.6 Å². The molecular formula is C13H15N5O. The summed E-state index contributed by atoms with van der Waals surface area (Å²) in [6.45, 7) is 3.62. The lowest BCUT2D eigenvalue weighted by Crippen LogP contribution is -2.07. The van der Waals surface area contributed by atoms with Crippen molar-refractivity contribution >= 4 is 16.7 Å². The molecule has 2 aromatic heterocycles. The lowest BCUT2D eigenvalue weighted by molar-refractivity contribution is 0.627. The standard InChI is InChI=1S/C13H15N5O/c1-2-18-10(5-6-15-18)8-14-9-3-4-11-12(7-9)17-13(19)16-11/h3-7,14H,2,8H2,1H3,(H2,16,17,19). The summed E-state index contributed by atoms with van der Waals surface area (Å²) in [4.78, 5) is 16.7. The van der Waals surface area contributed by atoms with Crippen LogP contribution in [0.4, 0.5) is 5.69 Å². The zero-order valence-electron chi connectivity index (χ0n) is 10.6. The Labute approximate surface area is 109 Å². The zero-order chi connectivity index (χ0) is 13.2. The molecule has 0 bridgehead atoms. The van der Waals surface area contributed by atoms with Crippen molar-refractivity contribution < 1.29 is 0 Å². The van der Waals surface area contributed by atoms with Gasteiger partial charge in [0, 0.05) is 18.4 Å². The minimum atomic E-state index is -0.184. The molecule has 0 aliphatic heterocycles. The minimum Gasteiger partial charge on any atom is -0.379 e. The van der Waals surface area contributed by atoms with Crippen LogP contribution in [0.2, 0.25) is 0 Å². The second kappa shape index (κ2) is 4.64. The Balaban J connectivity index is 1.79. The van der Waals surface area contributed by atoms with E-state index in [4.69, 9.17) is 0 Å². The lowest BCUT2D eigenvalue weighted by atomic mass is 10.2. The molecule has 6 nitrogen and oxygen atoms in total. The average molecular weight is 257 g/mol. The lowest BCUT2D eigenvalue weighted by Gasteiger charge is -2.08. The predicted octanol–water partition coefficient (Wildman–Crippen LogP) is 1.68. The van der Waals surface area contributed by atoms with E-state index in [-0.39, 0.29) is 5.69 Å². The molecule has 3 aromatic rings. The van der Waals surface area contributed by atoms with Gasteiger partial charge in [0.1, 0.15) is 0 Å². The number of nitrogens with zero attached hydrogens (tertiary/aromatic N) is 2. The second-order valence-corrected chi connectivity index (χ2v) is 4.33. The summed E-state index contributed by atoms with van der Waals surface area (Å²) in [5.41, 5.74) is 3.53. The van der Waals surface area contributed by atoms with E-state index in [9.17, 15) is 4.79 Å². The molecule has 0 atom stereocenters. The number of aromatic nitrogens is 4. The van der Waals surface area contributed by atoms with Gasteiger partial charge in [-0.3, -0.25) is 4.68 Å². The highest BCUT2D eigenvalue weighted by Gasteiger charge is 2.02. The average Bonchev–Trinajstić information content (AvgIpc) is 3.00. The van der Waals surface area contributed by atoms with Crippen LogP contribution >= 0.6 is 0 Å². The first-order valence-electron chi connectivity index (χ1n) is 6.23. The van der Waals surface area contributed by atoms with Crippen LogP contribution in [0.5, 0.6) is 0 Å². The normalized spacial score (nSPS) is 11.0. The van der Waals surface area contributed by atoms with Crippen molar-refractivity contribution in [2.24, 2.45) is 0 Å². The third kappa shape index (κ3) is 2.24. The fraction of sp³-hybridized carbons (Fsp3) is 0.231. The Morgan fingerprint density at radius 2 is 2.11 bits per heavy atom. The Bertz CT molecular complexity index is 752. The van der Waals surface area contributed by atoms with Crippen LogP contribution in [0.25, 0.3) is 11.0 Å². The Hall–Kier alpha value is -2.50. The van der Waals surface area contributed by atoms with Crippen LogP contribution in [0.15, 0.2) is 35.3 Å². The number of nitrogens with one attached hydrogen (secondary N) is 3. The minimum absolute atomic E-state index is 0.184. The zero-order valence-corrected chi connectivity index (χ0v) is 10.6. The number of imidazole rings is 1. The number of aromatic amines is 2. The second-order valence-electron chi connectivity index (χ2n) is 4.33. The quantitative estimate of drug-likeness (QED) is 0.665. The van der Waals surface area contributed by atoms with E-state index in [1.165, 1.54) is 0 Å². The molecule has 0 radical (unpaired) electrons. The van der Waals surface area contributed by atoms with E-state index >= 15 is 0 Å². The maximum Gasteiger partial charge on any atom is 0.323 e. The summed E-state index contributed by atoms with van der Waals surface area (Å²) in [5, 5.41) is 7.55. The molecule has 6 heteroatoms. The number of rotatable bonds is 4. The Morgan fingerprint density at radius 3 is 2.95 bits per heavy atom. The van der Waals surface area contributed by atoms with Gasteiger partial charge in [-0.1, -0.05) is 0 Å². The monoisotopic (exact) mass is 257 g/mol. The molecule has 2 heterocycles. The van der Waals surface area contributed by atoms with Gasteiger partial charge in [-0.05, 0) is 31.2 Å². The van der Waals surface area contributed by atoms with Gasteiger partial charge < -0.3 is 15.3 Å². The molecule has 0 aliphatic rings. The van der Waals surface area contributed by atoms with Crippen LogP contribution in [-0.2, 0) is 13.1 Å². The van der Waals surface area contributed by atoms with Gasteiger partial charge in [-0.15, -0.1) is 0 Å². The summed E-state index contributed by atoms with van der Waals surface area (Å²) in [6.07, 6.45) is 1.80. The molecule has 0 saturated heterocycles. The Morgan fingerprint density at radius 1 is 1.26 bits per heavy atom. The summed E-state index contributed by atoms with van der Waals surface area (Å²) in [7, 11) is 0. The number of benzene rings is 1. The van der Waals surface area contributed by atoms with Gasteiger partial charge in [0.15, 0.2) is 0 Å². The van der Waals surface area contributed by atoms with Crippen LogP contribution in [0.3, 0.4) is 0 Å². The molecule has 0 aliphatic carbocycles. The molecule has 98 valence electrons. The van der Waals surface area contributed by atoms with Crippen molar-refractivity contribution in [1.82, 2.24) is 19.7 Å². The molecule has 1 aromatic carbocycles. The molecule has 0 unspecified atom stereocenters. The first-order chi connectivity index (χ1) is 9.26. The number of anilines is 1. The van der Waals surface area contributed by atoms with Gasteiger partial charge in [-0.25, -0.2) is 4.79 Å². The molecule has 3 N–H and O–H groups in total. The van der Waals surface area contributed by atoms with Crippen LogP contribution in [0.1, 0.15) is 12.6 Å². The van der Waals surface area contributed by atoms with E-state index in [1.54, 1.807) is 6.20 Å². The summed E-state index contributed by atoms with van der Waals surface area (Å²) >= 11 is 0. The largest absolute Gasteiger partial charge is 0.379 e. The van der Waals surface area contributed by atoms with E-state index < -0.39 is 0 Å². The number of aryl methyl sites for hydroxylation is 1. The van der Waals surface area contributed by atoms with Crippen molar-refractivity contribution in [2.75, 3.05) is 5.32 Å². The fourth-order valence-electron chi connectivity index (χ4n) is 2.13. The van der Waals surface area contributed by atoms with E-state index in [1.807, 2.05) is 28.9 Å². The third-order valence-corrected chi connectivity index (χ3v) is 3.09. The van der Waals surface area contributed by atoms with Gasteiger partial charge in [0.25, 0.3) is 0 Å². The molecule has 0 spiro atoms. The van der Waals surface area contributed by atoms with Gasteiger partial charge in [0.2, 0.25) is 0 Å². The number of H-pyrrole nitrogens is 2. The summed E-state index contributed by atoms with van der Waals surface area (Å²) in [5.74, 6) is 0. The predicted molar refractivity (Wildman–Crippen MR) is 74.1 cm³/mol. The van der Waals surface area contributed by atoms with Crippen molar-refractivity contribution in [3.8, 4) is 0 Å². The van der Waals surface area contributed by atoms with Crippen molar-refractivity contribution in [1.29, 1.82) is 0 Å². The maximum atomic E-state index is 11.2. The summed E-state index contributed by atoms with van der Waals surface area (Å²) in [6, 6.07) is 7.73. The third-order valence-electron chi connectivity index (χ3n) is 3.09. The van der Waals surface area contributed by atoms with E-state index in [0.29, 0.717) is 6.54 Å². The van der Waals surface area contributed by atoms with Crippen molar-refractivity contribution in [3.63, 3.8) is 0 Å². The highest BCUT2D eigenvalue weighted by atomic mass is 16.1.